The molecular formula is C12H15FN4O2S. The standard InChI is InChI=1S/C12H15FN4O2S/c1-17-5-4-10(16-17)8-15-20(18,19)12-3-2-9(7-14)6-11(12)13/h2-6,15H,7-8,14H2,1H3. The van der Waals surface area contributed by atoms with Crippen LogP contribution in [0.2, 0.25) is 0 Å². The molecule has 0 saturated carbocycles. The van der Waals surface area contributed by atoms with Gasteiger partial charge in [0.2, 0.25) is 10.0 Å². The van der Waals surface area contributed by atoms with Gasteiger partial charge in [0.25, 0.3) is 0 Å². The lowest BCUT2D eigenvalue weighted by atomic mass is 10.2. The van der Waals surface area contributed by atoms with E-state index in [1.165, 1.54) is 12.1 Å². The largest absolute Gasteiger partial charge is 0.326 e. The fraction of sp³-hybridized carbons (Fsp3) is 0.250. The summed E-state index contributed by atoms with van der Waals surface area (Å²) in [7, 11) is -2.19. The number of halogens is 1. The third-order valence-corrected chi connectivity index (χ3v) is 4.17. The van der Waals surface area contributed by atoms with Gasteiger partial charge < -0.3 is 5.73 Å². The van der Waals surface area contributed by atoms with Crippen molar-refractivity contribution in [2.75, 3.05) is 0 Å². The van der Waals surface area contributed by atoms with Gasteiger partial charge in [-0.3, -0.25) is 4.68 Å². The van der Waals surface area contributed by atoms with Crippen LogP contribution >= 0.6 is 0 Å². The van der Waals surface area contributed by atoms with Crippen LogP contribution in [-0.4, -0.2) is 18.2 Å². The van der Waals surface area contributed by atoms with Crippen LogP contribution in [0, 0.1) is 5.82 Å². The summed E-state index contributed by atoms with van der Waals surface area (Å²) >= 11 is 0. The smallest absolute Gasteiger partial charge is 0.243 e. The fourth-order valence-corrected chi connectivity index (χ4v) is 2.75. The highest BCUT2D eigenvalue weighted by atomic mass is 32.2. The second-order valence-electron chi connectivity index (χ2n) is 4.27. The molecule has 1 aromatic heterocycles. The van der Waals surface area contributed by atoms with Crippen LogP contribution in [0.5, 0.6) is 0 Å². The summed E-state index contributed by atoms with van der Waals surface area (Å²) in [5.41, 5.74) is 6.46. The van der Waals surface area contributed by atoms with Crippen LogP contribution in [-0.2, 0) is 30.2 Å². The number of nitrogens with two attached hydrogens (primary N) is 1. The molecule has 1 heterocycles. The van der Waals surface area contributed by atoms with Crippen LogP contribution in [0.1, 0.15) is 11.3 Å². The third-order valence-electron chi connectivity index (χ3n) is 2.73. The van der Waals surface area contributed by atoms with Gasteiger partial charge in [-0.2, -0.15) is 5.10 Å². The molecule has 0 atom stereocenters. The lowest BCUT2D eigenvalue weighted by Crippen LogP contribution is -2.24. The summed E-state index contributed by atoms with van der Waals surface area (Å²) in [6.07, 6.45) is 1.69. The van der Waals surface area contributed by atoms with Crippen LogP contribution < -0.4 is 10.5 Å². The van der Waals surface area contributed by atoms with Gasteiger partial charge in [-0.25, -0.2) is 17.5 Å². The summed E-state index contributed by atoms with van der Waals surface area (Å²) in [5.74, 6) is -0.818. The fourth-order valence-electron chi connectivity index (χ4n) is 1.69. The van der Waals surface area contributed by atoms with Gasteiger partial charge in [-0.15, -0.1) is 0 Å². The van der Waals surface area contributed by atoms with E-state index in [0.29, 0.717) is 11.3 Å². The minimum atomic E-state index is -3.92. The van der Waals surface area contributed by atoms with Crippen molar-refractivity contribution < 1.29 is 12.8 Å². The first-order valence-corrected chi connectivity index (χ1v) is 7.37. The molecule has 0 amide bonds. The first kappa shape index (κ1) is 14.6. The molecule has 0 radical (unpaired) electrons. The number of aryl methyl sites for hydroxylation is 1. The van der Waals surface area contributed by atoms with E-state index in [1.807, 2.05) is 0 Å². The molecular weight excluding hydrogens is 283 g/mol. The van der Waals surface area contributed by atoms with Crippen molar-refractivity contribution >= 4 is 10.0 Å². The number of rotatable bonds is 5. The molecule has 2 rings (SSSR count). The minimum Gasteiger partial charge on any atom is -0.326 e. The molecule has 6 nitrogen and oxygen atoms in total. The molecule has 8 heteroatoms. The maximum Gasteiger partial charge on any atom is 0.243 e. The Bertz CT molecular complexity index is 712. The van der Waals surface area contributed by atoms with Crippen molar-refractivity contribution in [2.45, 2.75) is 18.0 Å². The molecule has 20 heavy (non-hydrogen) atoms. The maximum absolute atomic E-state index is 13.8. The van der Waals surface area contributed by atoms with E-state index in [-0.39, 0.29) is 13.1 Å². The van der Waals surface area contributed by atoms with Crippen LogP contribution in [0.25, 0.3) is 0 Å². The molecule has 2 aromatic rings. The molecule has 0 aliphatic rings. The van der Waals surface area contributed by atoms with E-state index >= 15 is 0 Å². The Balaban J connectivity index is 2.18. The van der Waals surface area contributed by atoms with Gasteiger partial charge in [0.15, 0.2) is 0 Å². The Hall–Kier alpha value is -1.77. The van der Waals surface area contributed by atoms with Crippen LogP contribution in [0.3, 0.4) is 0 Å². The van der Waals surface area contributed by atoms with Crippen LogP contribution in [0.15, 0.2) is 35.4 Å². The number of hydrogen-bond donors (Lipinski definition) is 2. The molecule has 108 valence electrons. The molecule has 0 unspecified atom stereocenters. The predicted molar refractivity (Wildman–Crippen MR) is 71.5 cm³/mol. The van der Waals surface area contributed by atoms with E-state index in [4.69, 9.17) is 5.73 Å². The Morgan fingerprint density at radius 3 is 2.70 bits per heavy atom. The number of sulfonamides is 1. The van der Waals surface area contributed by atoms with E-state index in [0.717, 1.165) is 6.07 Å². The van der Waals surface area contributed by atoms with Crippen molar-refractivity contribution in [2.24, 2.45) is 12.8 Å². The summed E-state index contributed by atoms with van der Waals surface area (Å²) in [5, 5.41) is 4.04. The van der Waals surface area contributed by atoms with Gasteiger partial charge in [-0.1, -0.05) is 6.07 Å². The Kier molecular flexibility index (Phi) is 4.17. The van der Waals surface area contributed by atoms with Crippen molar-refractivity contribution in [3.05, 3.63) is 47.5 Å². The summed E-state index contributed by atoms with van der Waals surface area (Å²) in [6.45, 7) is 0.153. The van der Waals surface area contributed by atoms with Gasteiger partial charge in [0, 0.05) is 19.8 Å². The second kappa shape index (κ2) is 5.70. The number of nitrogens with zero attached hydrogens (tertiary/aromatic N) is 2. The van der Waals surface area contributed by atoms with Gasteiger partial charge in [0.05, 0.1) is 12.2 Å². The highest BCUT2D eigenvalue weighted by Gasteiger charge is 2.19. The third kappa shape index (κ3) is 3.21. The van der Waals surface area contributed by atoms with E-state index in [2.05, 4.69) is 9.82 Å². The molecule has 0 saturated heterocycles. The highest BCUT2D eigenvalue weighted by Crippen LogP contribution is 2.16. The monoisotopic (exact) mass is 298 g/mol. The Morgan fingerprint density at radius 2 is 2.15 bits per heavy atom. The zero-order valence-corrected chi connectivity index (χ0v) is 11.7. The summed E-state index contributed by atoms with van der Waals surface area (Å²) < 4.78 is 41.7. The minimum absolute atomic E-state index is 0.00124. The van der Waals surface area contributed by atoms with Crippen molar-refractivity contribution in [3.63, 3.8) is 0 Å². The van der Waals surface area contributed by atoms with E-state index in [9.17, 15) is 12.8 Å². The van der Waals surface area contributed by atoms with Gasteiger partial charge in [-0.05, 0) is 23.8 Å². The number of aromatic nitrogens is 2. The highest BCUT2D eigenvalue weighted by molar-refractivity contribution is 7.89. The zero-order valence-electron chi connectivity index (χ0n) is 10.9. The molecule has 3 N–H and O–H groups in total. The number of hydrogen-bond acceptors (Lipinski definition) is 4. The topological polar surface area (TPSA) is 90.0 Å². The lowest BCUT2D eigenvalue weighted by molar-refractivity contribution is 0.554. The SMILES string of the molecule is Cn1ccc(CNS(=O)(=O)c2ccc(CN)cc2F)n1. The molecule has 0 fully saturated rings. The second-order valence-corrected chi connectivity index (χ2v) is 6.01. The van der Waals surface area contributed by atoms with Crippen molar-refractivity contribution in [1.29, 1.82) is 0 Å². The maximum atomic E-state index is 13.8. The molecule has 1 aromatic carbocycles. The molecule has 0 spiro atoms. The van der Waals surface area contributed by atoms with E-state index in [1.54, 1.807) is 24.0 Å². The molecule has 0 bridgehead atoms. The first-order chi connectivity index (χ1) is 9.42. The van der Waals surface area contributed by atoms with Crippen LogP contribution in [0.4, 0.5) is 4.39 Å². The summed E-state index contributed by atoms with van der Waals surface area (Å²) in [4.78, 5) is -0.398. The van der Waals surface area contributed by atoms with Crippen molar-refractivity contribution in [3.8, 4) is 0 Å². The number of benzene rings is 1. The van der Waals surface area contributed by atoms with Crippen molar-refractivity contribution in [1.82, 2.24) is 14.5 Å². The molecule has 0 aliphatic heterocycles. The predicted octanol–water partition coefficient (Wildman–Crippen LogP) is 0.496. The first-order valence-electron chi connectivity index (χ1n) is 5.89. The number of nitrogens with one attached hydrogen (secondary N) is 1. The quantitative estimate of drug-likeness (QED) is 0.841. The van der Waals surface area contributed by atoms with Gasteiger partial charge >= 0.3 is 0 Å². The average molecular weight is 298 g/mol. The molecule has 0 aliphatic carbocycles. The zero-order chi connectivity index (χ0) is 14.8. The average Bonchev–Trinajstić information content (AvgIpc) is 2.82. The normalized spacial score (nSPS) is 11.8. The Morgan fingerprint density at radius 1 is 1.40 bits per heavy atom. The Labute approximate surface area is 116 Å². The van der Waals surface area contributed by atoms with Gasteiger partial charge in [0.1, 0.15) is 10.7 Å². The summed E-state index contributed by atoms with van der Waals surface area (Å²) in [6, 6.07) is 5.49. The lowest BCUT2D eigenvalue weighted by Gasteiger charge is -2.07. The van der Waals surface area contributed by atoms with E-state index < -0.39 is 20.7 Å².